The molecule has 0 atom stereocenters. The number of hydrogen-bond acceptors (Lipinski definition) is 2. The zero-order chi connectivity index (χ0) is 9.52. The number of nitrogens with zero attached hydrogens (tertiary/aromatic N) is 1. The number of amides is 1. The molecular formula is C10H20N2O. The summed E-state index contributed by atoms with van der Waals surface area (Å²) in [6, 6.07) is 0. The highest BCUT2D eigenvalue weighted by Gasteiger charge is 2.04. The van der Waals surface area contributed by atoms with E-state index < -0.39 is 0 Å². The Bertz CT molecular complexity index is 159. The van der Waals surface area contributed by atoms with Crippen molar-refractivity contribution in [2.75, 3.05) is 26.7 Å². The van der Waals surface area contributed by atoms with Gasteiger partial charge in [0.25, 0.3) is 0 Å². The van der Waals surface area contributed by atoms with E-state index in [0.29, 0.717) is 6.42 Å². The van der Waals surface area contributed by atoms with Gasteiger partial charge in [-0.15, -0.1) is 0 Å². The van der Waals surface area contributed by atoms with E-state index in [4.69, 9.17) is 0 Å². The third-order valence-electron chi connectivity index (χ3n) is 2.48. The highest BCUT2D eigenvalue weighted by molar-refractivity contribution is 5.75. The van der Waals surface area contributed by atoms with Gasteiger partial charge in [-0.2, -0.15) is 0 Å². The van der Waals surface area contributed by atoms with Gasteiger partial charge in [-0.25, -0.2) is 0 Å². The van der Waals surface area contributed by atoms with Gasteiger partial charge in [-0.1, -0.05) is 0 Å². The Labute approximate surface area is 80.5 Å². The average Bonchev–Trinajstić information content (AvgIpc) is 2.14. The summed E-state index contributed by atoms with van der Waals surface area (Å²) in [4.78, 5) is 13.5. The fourth-order valence-corrected chi connectivity index (χ4v) is 1.60. The maximum atomic E-state index is 11.2. The van der Waals surface area contributed by atoms with E-state index in [2.05, 4.69) is 17.3 Å². The Morgan fingerprint density at radius 1 is 1.15 bits per heavy atom. The Morgan fingerprint density at radius 2 is 1.85 bits per heavy atom. The van der Waals surface area contributed by atoms with Crippen molar-refractivity contribution in [3.8, 4) is 0 Å². The molecule has 1 aliphatic heterocycles. The van der Waals surface area contributed by atoms with Crippen LogP contribution in [0.3, 0.4) is 0 Å². The van der Waals surface area contributed by atoms with Gasteiger partial charge in [0, 0.05) is 13.0 Å². The fourth-order valence-electron chi connectivity index (χ4n) is 1.60. The zero-order valence-corrected chi connectivity index (χ0v) is 8.51. The summed E-state index contributed by atoms with van der Waals surface area (Å²) in [5.41, 5.74) is 0. The summed E-state index contributed by atoms with van der Waals surface area (Å²) in [6.45, 7) is 3.15. The first-order chi connectivity index (χ1) is 6.29. The van der Waals surface area contributed by atoms with Crippen LogP contribution in [0, 0.1) is 0 Å². The lowest BCUT2D eigenvalue weighted by molar-refractivity contribution is -0.121. The minimum atomic E-state index is 0.226. The second-order valence-electron chi connectivity index (χ2n) is 3.82. The molecule has 76 valence electrons. The molecule has 13 heavy (non-hydrogen) atoms. The second kappa shape index (κ2) is 5.97. The average molecular weight is 184 g/mol. The number of carbonyl (C=O) groups excluding carboxylic acids is 1. The standard InChI is InChI=1S/C10H20N2O/c1-12-8-4-2-6-10(13)11-7-3-5-9-12/h2-9H2,1H3,(H,11,13). The topological polar surface area (TPSA) is 32.3 Å². The van der Waals surface area contributed by atoms with Crippen LogP contribution in [0.25, 0.3) is 0 Å². The van der Waals surface area contributed by atoms with Gasteiger partial charge in [0.05, 0.1) is 0 Å². The Hall–Kier alpha value is -0.570. The van der Waals surface area contributed by atoms with Gasteiger partial charge in [0.15, 0.2) is 0 Å². The van der Waals surface area contributed by atoms with Crippen LogP contribution in [0.15, 0.2) is 0 Å². The van der Waals surface area contributed by atoms with Crippen molar-refractivity contribution in [1.29, 1.82) is 0 Å². The number of carbonyl (C=O) groups is 1. The summed E-state index contributed by atoms with van der Waals surface area (Å²) in [7, 11) is 2.16. The third-order valence-corrected chi connectivity index (χ3v) is 2.48. The van der Waals surface area contributed by atoms with E-state index in [9.17, 15) is 4.79 Å². The van der Waals surface area contributed by atoms with Gasteiger partial charge in [-0.05, 0) is 45.8 Å². The van der Waals surface area contributed by atoms with Crippen molar-refractivity contribution in [2.45, 2.75) is 32.1 Å². The minimum absolute atomic E-state index is 0.226. The van der Waals surface area contributed by atoms with Gasteiger partial charge >= 0.3 is 0 Å². The Balaban J connectivity index is 2.26. The van der Waals surface area contributed by atoms with E-state index >= 15 is 0 Å². The molecule has 1 aliphatic rings. The summed E-state index contributed by atoms with van der Waals surface area (Å²) in [5.74, 6) is 0.226. The van der Waals surface area contributed by atoms with Crippen molar-refractivity contribution < 1.29 is 4.79 Å². The molecule has 1 heterocycles. The third kappa shape index (κ3) is 4.88. The van der Waals surface area contributed by atoms with E-state index in [1.54, 1.807) is 0 Å². The summed E-state index contributed by atoms with van der Waals surface area (Å²) in [6.07, 6.45) is 5.17. The number of rotatable bonds is 0. The first-order valence-electron chi connectivity index (χ1n) is 5.24. The van der Waals surface area contributed by atoms with E-state index in [0.717, 1.165) is 38.9 Å². The molecule has 1 saturated heterocycles. The molecule has 0 unspecified atom stereocenters. The van der Waals surface area contributed by atoms with Crippen LogP contribution in [0.2, 0.25) is 0 Å². The van der Waals surface area contributed by atoms with Crippen molar-refractivity contribution >= 4 is 5.91 Å². The second-order valence-corrected chi connectivity index (χ2v) is 3.82. The minimum Gasteiger partial charge on any atom is -0.356 e. The Morgan fingerprint density at radius 3 is 2.62 bits per heavy atom. The summed E-state index contributed by atoms with van der Waals surface area (Å²) >= 11 is 0. The highest BCUT2D eigenvalue weighted by Crippen LogP contribution is 2.01. The molecule has 0 aromatic rings. The van der Waals surface area contributed by atoms with Crippen LogP contribution in [-0.4, -0.2) is 37.5 Å². The molecule has 1 amide bonds. The quantitative estimate of drug-likeness (QED) is 0.609. The van der Waals surface area contributed by atoms with Gasteiger partial charge in [-0.3, -0.25) is 4.79 Å². The number of nitrogens with one attached hydrogen (secondary N) is 1. The van der Waals surface area contributed by atoms with Crippen molar-refractivity contribution in [3.63, 3.8) is 0 Å². The molecule has 0 bridgehead atoms. The highest BCUT2D eigenvalue weighted by atomic mass is 16.1. The molecule has 1 fully saturated rings. The lowest BCUT2D eigenvalue weighted by Gasteiger charge is -2.14. The lowest BCUT2D eigenvalue weighted by atomic mass is 10.2. The molecule has 1 rings (SSSR count). The van der Waals surface area contributed by atoms with E-state index in [1.807, 2.05) is 0 Å². The maximum absolute atomic E-state index is 11.2. The molecule has 1 N–H and O–H groups in total. The first-order valence-corrected chi connectivity index (χ1v) is 5.24. The first kappa shape index (κ1) is 10.5. The van der Waals surface area contributed by atoms with Crippen molar-refractivity contribution in [2.24, 2.45) is 0 Å². The predicted molar refractivity (Wildman–Crippen MR) is 53.6 cm³/mol. The zero-order valence-electron chi connectivity index (χ0n) is 8.51. The SMILES string of the molecule is CN1CCCCNC(=O)CCCC1. The van der Waals surface area contributed by atoms with Crippen LogP contribution in [0.1, 0.15) is 32.1 Å². The largest absolute Gasteiger partial charge is 0.356 e. The molecule has 0 aromatic heterocycles. The van der Waals surface area contributed by atoms with Crippen LogP contribution < -0.4 is 5.32 Å². The van der Waals surface area contributed by atoms with Crippen LogP contribution in [0.4, 0.5) is 0 Å². The normalized spacial score (nSPS) is 23.3. The molecular weight excluding hydrogens is 164 g/mol. The number of hydrogen-bond donors (Lipinski definition) is 1. The van der Waals surface area contributed by atoms with Crippen LogP contribution >= 0.6 is 0 Å². The lowest BCUT2D eigenvalue weighted by Crippen LogP contribution is -2.24. The van der Waals surface area contributed by atoms with Crippen molar-refractivity contribution in [1.82, 2.24) is 10.2 Å². The monoisotopic (exact) mass is 184 g/mol. The van der Waals surface area contributed by atoms with Crippen LogP contribution in [0.5, 0.6) is 0 Å². The molecule has 3 nitrogen and oxygen atoms in total. The van der Waals surface area contributed by atoms with E-state index in [-0.39, 0.29) is 5.91 Å². The summed E-state index contributed by atoms with van der Waals surface area (Å²) in [5, 5.41) is 2.94. The molecule has 3 heteroatoms. The molecule has 0 saturated carbocycles. The molecule has 0 aromatic carbocycles. The smallest absolute Gasteiger partial charge is 0.219 e. The fraction of sp³-hybridized carbons (Fsp3) is 0.900. The summed E-state index contributed by atoms with van der Waals surface area (Å²) < 4.78 is 0. The Kier molecular flexibility index (Phi) is 4.83. The van der Waals surface area contributed by atoms with E-state index in [1.165, 1.54) is 6.42 Å². The maximum Gasteiger partial charge on any atom is 0.219 e. The van der Waals surface area contributed by atoms with Crippen LogP contribution in [-0.2, 0) is 4.79 Å². The molecule has 0 spiro atoms. The van der Waals surface area contributed by atoms with Gasteiger partial charge in [0.1, 0.15) is 0 Å². The molecule has 0 aliphatic carbocycles. The predicted octanol–water partition coefficient (Wildman–Crippen LogP) is 0.998. The van der Waals surface area contributed by atoms with Gasteiger partial charge < -0.3 is 10.2 Å². The van der Waals surface area contributed by atoms with Crippen molar-refractivity contribution in [3.05, 3.63) is 0 Å². The molecule has 0 radical (unpaired) electrons. The van der Waals surface area contributed by atoms with Gasteiger partial charge in [0.2, 0.25) is 5.91 Å².